The Labute approximate surface area is 347 Å². The van der Waals surface area contributed by atoms with Gasteiger partial charge < -0.3 is 54.3 Å². The molecule has 7 aromatic rings. The number of aromatic amines is 3. The van der Waals surface area contributed by atoms with Gasteiger partial charge >= 0.3 is 6.16 Å². The Hall–Kier alpha value is -6.54. The van der Waals surface area contributed by atoms with E-state index in [2.05, 4.69) is 46.7 Å². The van der Waals surface area contributed by atoms with Crippen molar-refractivity contribution in [2.75, 3.05) is 47.0 Å². The lowest BCUT2D eigenvalue weighted by Crippen LogP contribution is -2.37. The van der Waals surface area contributed by atoms with Crippen LogP contribution in [0.2, 0.25) is 0 Å². The SMILES string of the molecule is CC(=O)O.COC(OC)(OC)OC.COc1nc2c(-c3c(C)n[nH]c3C)cc(-c3c(C)noc3C)cc2[nH]1.Cc1n[nH]c(C)c1-c1cc(-c2c(C)noc2C)cc(N)c1N. The molecule has 0 fully saturated rings. The number of rotatable bonds is 9. The van der Waals surface area contributed by atoms with Gasteiger partial charge in [0.2, 0.25) is 0 Å². The Bertz CT molecular complexity index is 2460. The number of nitrogens with zero attached hydrogens (tertiary/aromatic N) is 5. The summed E-state index contributed by atoms with van der Waals surface area (Å²) in [5, 5.41) is 30.1. The van der Waals surface area contributed by atoms with Crippen LogP contribution in [0.25, 0.3) is 55.5 Å². The number of carboxylic acid groups (broad SMARTS) is 1. The maximum atomic E-state index is 9.00. The lowest BCUT2D eigenvalue weighted by atomic mass is 9.94. The molecule has 0 unspecified atom stereocenters. The smallest absolute Gasteiger partial charge is 0.411 e. The van der Waals surface area contributed by atoms with Gasteiger partial charge in [-0.05, 0) is 90.8 Å². The summed E-state index contributed by atoms with van der Waals surface area (Å²) >= 11 is 0. The molecule has 19 nitrogen and oxygen atoms in total. The lowest BCUT2D eigenvalue weighted by molar-refractivity contribution is -0.472. The number of methoxy groups -OCH3 is 5. The second kappa shape index (κ2) is 19.5. The van der Waals surface area contributed by atoms with Gasteiger partial charge in [0, 0.05) is 80.1 Å². The molecule has 0 aliphatic rings. The van der Waals surface area contributed by atoms with Crippen molar-refractivity contribution in [2.45, 2.75) is 68.5 Å². The maximum absolute atomic E-state index is 9.00. The number of nitrogens with two attached hydrogens (primary N) is 2. The minimum Gasteiger partial charge on any atom is -0.481 e. The second-order valence-corrected chi connectivity index (χ2v) is 13.5. The van der Waals surface area contributed by atoms with E-state index in [4.69, 9.17) is 54.1 Å². The molecule has 19 heteroatoms. The predicted molar refractivity (Wildman–Crippen MR) is 226 cm³/mol. The summed E-state index contributed by atoms with van der Waals surface area (Å²) in [5.74, 6) is 0.711. The number of aromatic nitrogens is 8. The number of carbonyl (C=O) groups is 1. The van der Waals surface area contributed by atoms with Crippen molar-refractivity contribution >= 4 is 28.4 Å². The lowest BCUT2D eigenvalue weighted by Gasteiger charge is -2.25. The fourth-order valence-electron chi connectivity index (χ4n) is 6.74. The average Bonchev–Trinajstić information content (AvgIpc) is 4.03. The summed E-state index contributed by atoms with van der Waals surface area (Å²) < 4.78 is 34.8. The Morgan fingerprint density at radius 2 is 1.10 bits per heavy atom. The highest BCUT2D eigenvalue weighted by molar-refractivity contribution is 5.98. The van der Waals surface area contributed by atoms with Gasteiger partial charge in [0.05, 0.1) is 46.8 Å². The Kier molecular flexibility index (Phi) is 15.0. The van der Waals surface area contributed by atoms with Crippen LogP contribution < -0.4 is 16.2 Å². The van der Waals surface area contributed by atoms with Gasteiger partial charge in [-0.3, -0.25) is 15.0 Å². The number of imidazole rings is 1. The standard InChI is InChI=1S/C18H19N5O2.C16H19N5O.C5H12O4.C2H4O2/c1-8-15(9(2)22-21-8)13-6-12(16-10(3)23-25-11(16)4)7-14-17(13)20-18(19-14)24-5;1-7-14(8(2)20-19-7)12-5-11(6-13(17)16(12)18)15-9(3)21-22-10(15)4;1-6-5(7-2,8-3)9-4;1-2(3)4/h6-7H,1-5H3,(H,19,20)(H,21,22);5-6H,17-18H2,1-4H3,(H,19,20);1-4H3;1H3,(H,3,4). The number of ether oxygens (including phenoxy) is 5. The fraction of sp³-hybridized carbons (Fsp3) is 0.366. The molecule has 0 bridgehead atoms. The molecule has 0 aliphatic carbocycles. The van der Waals surface area contributed by atoms with E-state index >= 15 is 0 Å². The molecule has 0 saturated heterocycles. The van der Waals surface area contributed by atoms with Gasteiger partial charge in [-0.25, -0.2) is 0 Å². The van der Waals surface area contributed by atoms with Gasteiger partial charge in [0.15, 0.2) is 0 Å². The Balaban J connectivity index is 0.000000207. The molecule has 5 aromatic heterocycles. The number of carboxylic acids is 1. The highest BCUT2D eigenvalue weighted by Gasteiger charge is 2.29. The summed E-state index contributed by atoms with van der Waals surface area (Å²) in [6.45, 7) is 16.6. The number of aryl methyl sites for hydroxylation is 8. The molecule has 0 spiro atoms. The van der Waals surface area contributed by atoms with Crippen LogP contribution in [0.3, 0.4) is 0 Å². The Morgan fingerprint density at radius 3 is 1.47 bits per heavy atom. The molecule has 322 valence electrons. The van der Waals surface area contributed by atoms with Crippen LogP contribution in [0.15, 0.2) is 33.3 Å². The zero-order valence-electron chi connectivity index (χ0n) is 36.4. The minimum absolute atomic E-state index is 0.478. The summed E-state index contributed by atoms with van der Waals surface area (Å²) in [6.07, 6.45) is -1.33. The number of anilines is 2. The molecule has 0 amide bonds. The average molecular weight is 831 g/mol. The molecule has 0 aliphatic heterocycles. The van der Waals surface area contributed by atoms with E-state index in [0.29, 0.717) is 17.4 Å². The third-order valence-corrected chi connectivity index (χ3v) is 9.41. The van der Waals surface area contributed by atoms with Crippen LogP contribution in [0.1, 0.15) is 52.6 Å². The van der Waals surface area contributed by atoms with Crippen LogP contribution in [0.5, 0.6) is 6.01 Å². The largest absolute Gasteiger partial charge is 0.481 e. The molecule has 7 rings (SSSR count). The van der Waals surface area contributed by atoms with Crippen molar-refractivity contribution in [3.8, 4) is 50.5 Å². The van der Waals surface area contributed by atoms with E-state index in [-0.39, 0.29) is 0 Å². The van der Waals surface area contributed by atoms with E-state index < -0.39 is 12.1 Å². The number of benzene rings is 2. The summed E-state index contributed by atoms with van der Waals surface area (Å²) in [4.78, 5) is 16.8. The quantitative estimate of drug-likeness (QED) is 0.0617. The van der Waals surface area contributed by atoms with Crippen LogP contribution >= 0.6 is 0 Å². The summed E-state index contributed by atoms with van der Waals surface area (Å²) in [5.41, 5.74) is 28.4. The Morgan fingerprint density at radius 1 is 0.667 bits per heavy atom. The van der Waals surface area contributed by atoms with Gasteiger partial charge in [-0.1, -0.05) is 10.3 Å². The zero-order chi connectivity index (χ0) is 44.6. The normalized spacial score (nSPS) is 11.0. The third-order valence-electron chi connectivity index (χ3n) is 9.41. The molecule has 60 heavy (non-hydrogen) atoms. The molecule has 0 saturated carbocycles. The van der Waals surface area contributed by atoms with Gasteiger partial charge in [-0.2, -0.15) is 15.2 Å². The van der Waals surface area contributed by atoms with Crippen molar-refractivity contribution < 1.29 is 42.6 Å². The van der Waals surface area contributed by atoms with Crippen LogP contribution in [0.4, 0.5) is 11.4 Å². The first kappa shape index (κ1) is 46.2. The highest BCUT2D eigenvalue weighted by Crippen LogP contribution is 2.40. The second-order valence-electron chi connectivity index (χ2n) is 13.5. The number of nitrogen functional groups attached to an aromatic ring is 2. The predicted octanol–water partition coefficient (Wildman–Crippen LogP) is 7.25. The first-order valence-corrected chi connectivity index (χ1v) is 18.4. The summed E-state index contributed by atoms with van der Waals surface area (Å²) in [7, 11) is 7.31. The molecule has 0 atom stereocenters. The zero-order valence-corrected chi connectivity index (χ0v) is 36.4. The first-order valence-electron chi connectivity index (χ1n) is 18.4. The van der Waals surface area contributed by atoms with Gasteiger partial charge in [0.1, 0.15) is 17.0 Å². The number of H-pyrrole nitrogens is 3. The number of fused-ring (bicyclic) bond motifs is 1. The molecule has 2 aromatic carbocycles. The topological polar surface area (TPSA) is 274 Å². The number of hydrogen-bond donors (Lipinski definition) is 6. The van der Waals surface area contributed by atoms with Crippen molar-refractivity contribution in [2.24, 2.45) is 0 Å². The van der Waals surface area contributed by atoms with Crippen molar-refractivity contribution in [1.82, 2.24) is 40.7 Å². The molecule has 0 radical (unpaired) electrons. The van der Waals surface area contributed by atoms with Crippen molar-refractivity contribution in [1.29, 1.82) is 0 Å². The monoisotopic (exact) mass is 830 g/mol. The van der Waals surface area contributed by atoms with Crippen molar-refractivity contribution in [3.63, 3.8) is 0 Å². The number of hydrogen-bond acceptors (Lipinski definition) is 15. The van der Waals surface area contributed by atoms with E-state index in [9.17, 15) is 0 Å². The first-order chi connectivity index (χ1) is 28.4. The fourth-order valence-corrected chi connectivity index (χ4v) is 6.74. The van der Waals surface area contributed by atoms with E-state index in [1.54, 1.807) is 7.11 Å². The van der Waals surface area contributed by atoms with Crippen LogP contribution in [0, 0.1) is 55.4 Å². The third kappa shape index (κ3) is 9.83. The number of aliphatic carboxylic acids is 1. The van der Waals surface area contributed by atoms with Gasteiger partial charge in [0.25, 0.3) is 12.0 Å². The minimum atomic E-state index is -1.33. The maximum Gasteiger partial charge on any atom is 0.411 e. The van der Waals surface area contributed by atoms with E-state index in [1.165, 1.54) is 28.4 Å². The molecular formula is C41H54N10O9. The number of nitrogens with one attached hydrogen (secondary N) is 3. The van der Waals surface area contributed by atoms with Crippen molar-refractivity contribution in [3.05, 3.63) is 69.9 Å². The van der Waals surface area contributed by atoms with Crippen LogP contribution in [-0.2, 0) is 23.7 Å². The van der Waals surface area contributed by atoms with Gasteiger partial charge in [-0.15, -0.1) is 0 Å². The molecular weight excluding hydrogens is 777 g/mol. The molecule has 8 N–H and O–H groups in total. The molecule has 5 heterocycles. The summed E-state index contributed by atoms with van der Waals surface area (Å²) in [6, 6.07) is 8.51. The van der Waals surface area contributed by atoms with Crippen LogP contribution in [-0.4, -0.2) is 93.5 Å². The van der Waals surface area contributed by atoms with E-state index in [0.717, 1.165) is 108 Å². The van der Waals surface area contributed by atoms with E-state index in [1.807, 2.05) is 73.6 Å². The highest BCUT2D eigenvalue weighted by atomic mass is 17.0.